The van der Waals surface area contributed by atoms with Gasteiger partial charge in [-0.1, -0.05) is 29.8 Å². The van der Waals surface area contributed by atoms with Crippen LogP contribution in [0.25, 0.3) is 0 Å². The molecule has 0 saturated heterocycles. The topological polar surface area (TPSA) is 72.2 Å². The zero-order chi connectivity index (χ0) is 15.2. The molecular weight excluding hydrogens is 268 g/mol. The standard InChI is InChI=1S/C16H16N2O3/c1-12-2-4-13(5-3-12)10-11-17-16(19)14-6-8-15(9-7-14)18(20)21/h2-9H,10-11H2,1H3,(H,17,19). The van der Waals surface area contributed by atoms with Gasteiger partial charge < -0.3 is 5.32 Å². The average Bonchev–Trinajstić information content (AvgIpc) is 2.49. The molecule has 0 spiro atoms. The third-order valence-electron chi connectivity index (χ3n) is 3.16. The van der Waals surface area contributed by atoms with Crippen molar-refractivity contribution < 1.29 is 9.72 Å². The molecule has 0 aromatic heterocycles. The molecule has 108 valence electrons. The summed E-state index contributed by atoms with van der Waals surface area (Å²) in [5, 5.41) is 13.3. The number of hydrogen-bond acceptors (Lipinski definition) is 3. The number of benzene rings is 2. The molecule has 0 aliphatic rings. The number of rotatable bonds is 5. The normalized spacial score (nSPS) is 10.1. The van der Waals surface area contributed by atoms with E-state index in [1.54, 1.807) is 0 Å². The van der Waals surface area contributed by atoms with Crippen LogP contribution in [0.2, 0.25) is 0 Å². The van der Waals surface area contributed by atoms with Crippen LogP contribution in [0.5, 0.6) is 0 Å². The van der Waals surface area contributed by atoms with Crippen LogP contribution >= 0.6 is 0 Å². The minimum atomic E-state index is -0.487. The molecule has 0 heterocycles. The Balaban J connectivity index is 1.86. The summed E-state index contributed by atoms with van der Waals surface area (Å²) in [6, 6.07) is 13.7. The molecule has 0 aliphatic carbocycles. The van der Waals surface area contributed by atoms with E-state index < -0.39 is 4.92 Å². The van der Waals surface area contributed by atoms with Crippen LogP contribution < -0.4 is 5.32 Å². The first-order valence-corrected chi connectivity index (χ1v) is 6.64. The Labute approximate surface area is 122 Å². The Kier molecular flexibility index (Phi) is 4.66. The minimum absolute atomic E-state index is 0.0220. The highest BCUT2D eigenvalue weighted by Crippen LogP contribution is 2.11. The maximum atomic E-state index is 11.9. The van der Waals surface area contributed by atoms with Gasteiger partial charge >= 0.3 is 0 Å². The van der Waals surface area contributed by atoms with Crippen LogP contribution in [0.15, 0.2) is 48.5 Å². The molecule has 1 N–H and O–H groups in total. The SMILES string of the molecule is Cc1ccc(CCNC(=O)c2ccc([N+](=O)[O-])cc2)cc1. The van der Waals surface area contributed by atoms with E-state index in [9.17, 15) is 14.9 Å². The molecule has 0 bridgehead atoms. The van der Waals surface area contributed by atoms with Crippen molar-refractivity contribution in [2.24, 2.45) is 0 Å². The molecule has 21 heavy (non-hydrogen) atoms. The summed E-state index contributed by atoms with van der Waals surface area (Å²) in [5.74, 6) is -0.225. The number of non-ortho nitro benzene ring substituents is 1. The first-order valence-electron chi connectivity index (χ1n) is 6.64. The van der Waals surface area contributed by atoms with Crippen LogP contribution in [-0.4, -0.2) is 17.4 Å². The number of carbonyl (C=O) groups is 1. The Morgan fingerprint density at radius 3 is 2.29 bits per heavy atom. The largest absolute Gasteiger partial charge is 0.352 e. The zero-order valence-corrected chi connectivity index (χ0v) is 11.7. The van der Waals surface area contributed by atoms with Crippen molar-refractivity contribution >= 4 is 11.6 Å². The van der Waals surface area contributed by atoms with E-state index in [4.69, 9.17) is 0 Å². The van der Waals surface area contributed by atoms with E-state index >= 15 is 0 Å². The predicted octanol–water partition coefficient (Wildman–Crippen LogP) is 2.88. The predicted molar refractivity (Wildman–Crippen MR) is 80.3 cm³/mol. The second kappa shape index (κ2) is 6.65. The van der Waals surface area contributed by atoms with Crippen LogP contribution in [-0.2, 0) is 6.42 Å². The summed E-state index contributed by atoms with van der Waals surface area (Å²) in [7, 11) is 0. The van der Waals surface area contributed by atoms with Gasteiger partial charge in [-0.25, -0.2) is 0 Å². The summed E-state index contributed by atoms with van der Waals surface area (Å²) in [4.78, 5) is 21.9. The molecule has 0 atom stereocenters. The Bertz CT molecular complexity index is 634. The fraction of sp³-hybridized carbons (Fsp3) is 0.188. The number of carbonyl (C=O) groups excluding carboxylic acids is 1. The van der Waals surface area contributed by atoms with Gasteiger partial charge in [0.1, 0.15) is 0 Å². The molecule has 2 aromatic rings. The van der Waals surface area contributed by atoms with Crippen molar-refractivity contribution in [3.8, 4) is 0 Å². The van der Waals surface area contributed by atoms with Crippen molar-refractivity contribution in [1.82, 2.24) is 5.32 Å². The monoisotopic (exact) mass is 284 g/mol. The third-order valence-corrected chi connectivity index (χ3v) is 3.16. The number of nitro groups is 1. The number of nitrogens with zero attached hydrogens (tertiary/aromatic N) is 1. The van der Waals surface area contributed by atoms with Gasteiger partial charge in [0, 0.05) is 24.2 Å². The second-order valence-corrected chi connectivity index (χ2v) is 4.80. The summed E-state index contributed by atoms with van der Waals surface area (Å²) in [6.45, 7) is 2.55. The number of nitrogens with one attached hydrogen (secondary N) is 1. The lowest BCUT2D eigenvalue weighted by atomic mass is 10.1. The maximum absolute atomic E-state index is 11.9. The van der Waals surface area contributed by atoms with Gasteiger partial charge in [-0.2, -0.15) is 0 Å². The van der Waals surface area contributed by atoms with E-state index in [2.05, 4.69) is 5.32 Å². The molecule has 0 fully saturated rings. The van der Waals surface area contributed by atoms with Gasteiger partial charge in [0.2, 0.25) is 0 Å². The summed E-state index contributed by atoms with van der Waals surface area (Å²) < 4.78 is 0. The van der Waals surface area contributed by atoms with Gasteiger partial charge in [-0.3, -0.25) is 14.9 Å². The quantitative estimate of drug-likeness (QED) is 0.677. The van der Waals surface area contributed by atoms with Crippen molar-refractivity contribution in [2.45, 2.75) is 13.3 Å². The second-order valence-electron chi connectivity index (χ2n) is 4.80. The van der Waals surface area contributed by atoms with Gasteiger partial charge in [0.25, 0.3) is 11.6 Å². The fourth-order valence-corrected chi connectivity index (χ4v) is 1.91. The number of nitro benzene ring substituents is 1. The van der Waals surface area contributed by atoms with E-state index in [-0.39, 0.29) is 11.6 Å². The van der Waals surface area contributed by atoms with Crippen molar-refractivity contribution in [1.29, 1.82) is 0 Å². The van der Waals surface area contributed by atoms with Gasteiger partial charge in [0.15, 0.2) is 0 Å². The molecule has 0 unspecified atom stereocenters. The molecular formula is C16H16N2O3. The lowest BCUT2D eigenvalue weighted by Gasteiger charge is -2.05. The van der Waals surface area contributed by atoms with E-state index in [1.165, 1.54) is 29.8 Å². The molecule has 5 nitrogen and oxygen atoms in total. The Morgan fingerprint density at radius 1 is 1.10 bits per heavy atom. The summed E-state index contributed by atoms with van der Waals surface area (Å²) in [6.07, 6.45) is 0.749. The van der Waals surface area contributed by atoms with E-state index in [0.717, 1.165) is 12.0 Å². The molecule has 0 saturated carbocycles. The lowest BCUT2D eigenvalue weighted by molar-refractivity contribution is -0.384. The molecule has 0 aliphatic heterocycles. The molecule has 1 amide bonds. The molecule has 0 radical (unpaired) electrons. The fourth-order valence-electron chi connectivity index (χ4n) is 1.91. The summed E-state index contributed by atoms with van der Waals surface area (Å²) >= 11 is 0. The average molecular weight is 284 g/mol. The first-order chi connectivity index (χ1) is 10.1. The zero-order valence-electron chi connectivity index (χ0n) is 11.7. The van der Waals surface area contributed by atoms with Crippen molar-refractivity contribution in [3.05, 3.63) is 75.3 Å². The van der Waals surface area contributed by atoms with Crippen LogP contribution in [0.1, 0.15) is 21.5 Å². The number of hydrogen-bond donors (Lipinski definition) is 1. The Morgan fingerprint density at radius 2 is 1.71 bits per heavy atom. The number of amides is 1. The molecule has 2 aromatic carbocycles. The van der Waals surface area contributed by atoms with Gasteiger partial charge in [-0.05, 0) is 31.0 Å². The Hall–Kier alpha value is -2.69. The third kappa shape index (κ3) is 4.14. The number of aryl methyl sites for hydroxylation is 1. The van der Waals surface area contributed by atoms with Crippen molar-refractivity contribution in [2.75, 3.05) is 6.54 Å². The van der Waals surface area contributed by atoms with Crippen molar-refractivity contribution in [3.63, 3.8) is 0 Å². The highest BCUT2D eigenvalue weighted by Gasteiger charge is 2.08. The van der Waals surface area contributed by atoms with Gasteiger partial charge in [-0.15, -0.1) is 0 Å². The van der Waals surface area contributed by atoms with E-state index in [0.29, 0.717) is 12.1 Å². The summed E-state index contributed by atoms with van der Waals surface area (Å²) in [5.41, 5.74) is 2.76. The molecule has 2 rings (SSSR count). The van der Waals surface area contributed by atoms with Crippen LogP contribution in [0.4, 0.5) is 5.69 Å². The first kappa shape index (κ1) is 14.7. The minimum Gasteiger partial charge on any atom is -0.352 e. The smallest absolute Gasteiger partial charge is 0.269 e. The highest BCUT2D eigenvalue weighted by atomic mass is 16.6. The van der Waals surface area contributed by atoms with Crippen LogP contribution in [0, 0.1) is 17.0 Å². The maximum Gasteiger partial charge on any atom is 0.269 e. The highest BCUT2D eigenvalue weighted by molar-refractivity contribution is 5.94. The van der Waals surface area contributed by atoms with Gasteiger partial charge in [0.05, 0.1) is 4.92 Å². The molecule has 5 heteroatoms. The van der Waals surface area contributed by atoms with E-state index in [1.807, 2.05) is 31.2 Å². The van der Waals surface area contributed by atoms with Crippen LogP contribution in [0.3, 0.4) is 0 Å². The lowest BCUT2D eigenvalue weighted by Crippen LogP contribution is -2.25.